The number of nitrogens with two attached hydrogens (primary N) is 1. The van der Waals surface area contributed by atoms with E-state index >= 15 is 0 Å². The maximum Gasteiger partial charge on any atom is 0.236 e. The highest BCUT2D eigenvalue weighted by Crippen LogP contribution is 1.93. The molecule has 4 nitrogen and oxygen atoms in total. The molecule has 1 amide bonds. The Morgan fingerprint density at radius 2 is 2.30 bits per heavy atom. The molecule has 0 aliphatic carbocycles. The summed E-state index contributed by atoms with van der Waals surface area (Å²) < 4.78 is 0. The van der Waals surface area contributed by atoms with Crippen LogP contribution in [0.25, 0.3) is 0 Å². The van der Waals surface area contributed by atoms with E-state index < -0.39 is 11.8 Å². The summed E-state index contributed by atoms with van der Waals surface area (Å²) in [6.45, 7) is 0.395. The predicted molar refractivity (Wildman–Crippen MR) is 36.9 cm³/mol. The first kappa shape index (κ1) is 8.92. The maximum atomic E-state index is 10.4. The molecule has 0 aliphatic rings. The van der Waals surface area contributed by atoms with E-state index in [4.69, 9.17) is 11.0 Å². The van der Waals surface area contributed by atoms with Crippen molar-refractivity contribution in [3.63, 3.8) is 0 Å². The molecule has 56 valence electrons. The number of carbonyl (C=O) groups is 1. The molecular weight excluding hydrogens is 130 g/mol. The third-order valence-corrected chi connectivity index (χ3v) is 1.05. The highest BCUT2D eigenvalue weighted by atomic mass is 16.1. The number of hydrogen-bond donors (Lipinski definition) is 1. The first-order valence-electron chi connectivity index (χ1n) is 2.91. The Kier molecular flexibility index (Phi) is 3.44. The molecule has 0 fully saturated rings. The minimum atomic E-state index is -0.685. The molecule has 0 aromatic rings. The minimum Gasteiger partial charge on any atom is -0.368 e. The topological polar surface area (TPSA) is 70.1 Å². The molecule has 0 aromatic carbocycles. The van der Waals surface area contributed by atoms with Gasteiger partial charge in [0.1, 0.15) is 5.92 Å². The third-order valence-electron chi connectivity index (χ3n) is 1.05. The summed E-state index contributed by atoms with van der Waals surface area (Å²) in [5.74, 6) is -1.24. The molecule has 2 N–H and O–H groups in total. The van der Waals surface area contributed by atoms with Crippen molar-refractivity contribution in [3.05, 3.63) is 0 Å². The van der Waals surface area contributed by atoms with E-state index in [9.17, 15) is 4.79 Å². The van der Waals surface area contributed by atoms with Gasteiger partial charge in [-0.1, -0.05) is 0 Å². The van der Waals surface area contributed by atoms with E-state index in [1.165, 1.54) is 0 Å². The van der Waals surface area contributed by atoms with Crippen LogP contribution in [0.2, 0.25) is 0 Å². The van der Waals surface area contributed by atoms with Gasteiger partial charge in [0.2, 0.25) is 5.91 Å². The standard InChI is InChI=1S/C6H11N3O/c1-9(2)4-5(3-7)6(8)10/h5H,4H2,1-2H3,(H2,8,10). The number of primary amides is 1. The average Bonchev–Trinajstić information content (AvgIpc) is 1.81. The summed E-state index contributed by atoms with van der Waals surface area (Å²) in [7, 11) is 3.57. The van der Waals surface area contributed by atoms with Crippen molar-refractivity contribution in [2.24, 2.45) is 11.7 Å². The lowest BCUT2D eigenvalue weighted by Crippen LogP contribution is -2.31. The summed E-state index contributed by atoms with van der Waals surface area (Å²) in [6, 6.07) is 1.82. The Hall–Kier alpha value is -1.08. The second-order valence-corrected chi connectivity index (χ2v) is 2.35. The molecule has 1 atom stereocenters. The van der Waals surface area contributed by atoms with Crippen LogP contribution in [0.15, 0.2) is 0 Å². The lowest BCUT2D eigenvalue weighted by molar-refractivity contribution is -0.120. The van der Waals surface area contributed by atoms with Crippen molar-refractivity contribution >= 4 is 5.91 Å². The number of hydrogen-bond acceptors (Lipinski definition) is 3. The van der Waals surface area contributed by atoms with Crippen LogP contribution >= 0.6 is 0 Å². The van der Waals surface area contributed by atoms with Crippen LogP contribution < -0.4 is 5.73 Å². The van der Waals surface area contributed by atoms with E-state index in [2.05, 4.69) is 0 Å². The summed E-state index contributed by atoms with van der Waals surface area (Å²) in [5.41, 5.74) is 4.91. The Balaban J connectivity index is 3.88. The number of nitriles is 1. The zero-order valence-electron chi connectivity index (χ0n) is 6.16. The first-order chi connectivity index (χ1) is 4.57. The maximum absolute atomic E-state index is 10.4. The zero-order valence-corrected chi connectivity index (χ0v) is 6.16. The molecule has 0 rings (SSSR count). The van der Waals surface area contributed by atoms with Gasteiger partial charge in [-0.15, -0.1) is 0 Å². The van der Waals surface area contributed by atoms with Crippen molar-refractivity contribution in [2.45, 2.75) is 0 Å². The average molecular weight is 141 g/mol. The van der Waals surface area contributed by atoms with Gasteiger partial charge in [-0.25, -0.2) is 0 Å². The number of rotatable bonds is 3. The van der Waals surface area contributed by atoms with Crippen LogP contribution in [0.3, 0.4) is 0 Å². The van der Waals surface area contributed by atoms with Crippen molar-refractivity contribution in [1.29, 1.82) is 5.26 Å². The molecule has 0 saturated heterocycles. The minimum absolute atomic E-state index is 0.395. The van der Waals surface area contributed by atoms with E-state index in [1.807, 2.05) is 6.07 Å². The van der Waals surface area contributed by atoms with Gasteiger partial charge >= 0.3 is 0 Å². The molecule has 0 aliphatic heterocycles. The number of amides is 1. The number of carbonyl (C=O) groups excluding carboxylic acids is 1. The lowest BCUT2D eigenvalue weighted by atomic mass is 10.1. The quantitative estimate of drug-likeness (QED) is 0.557. The molecule has 1 unspecified atom stereocenters. The summed E-state index contributed by atoms with van der Waals surface area (Å²) in [4.78, 5) is 12.2. The van der Waals surface area contributed by atoms with Crippen molar-refractivity contribution in [2.75, 3.05) is 20.6 Å². The van der Waals surface area contributed by atoms with Gasteiger partial charge in [0.25, 0.3) is 0 Å². The van der Waals surface area contributed by atoms with Gasteiger partial charge in [-0.3, -0.25) is 4.79 Å². The fourth-order valence-corrected chi connectivity index (χ4v) is 0.560. The summed E-state index contributed by atoms with van der Waals surface area (Å²) in [6.07, 6.45) is 0. The predicted octanol–water partition coefficient (Wildman–Crippen LogP) is -0.827. The van der Waals surface area contributed by atoms with E-state index in [1.54, 1.807) is 19.0 Å². The van der Waals surface area contributed by atoms with Crippen LogP contribution in [0.4, 0.5) is 0 Å². The fourth-order valence-electron chi connectivity index (χ4n) is 0.560. The van der Waals surface area contributed by atoms with Gasteiger partial charge in [-0.2, -0.15) is 5.26 Å². The van der Waals surface area contributed by atoms with Crippen molar-refractivity contribution < 1.29 is 4.79 Å². The first-order valence-corrected chi connectivity index (χ1v) is 2.91. The molecular formula is C6H11N3O. The fraction of sp³-hybridized carbons (Fsp3) is 0.667. The van der Waals surface area contributed by atoms with Crippen LogP contribution in [-0.2, 0) is 4.79 Å². The van der Waals surface area contributed by atoms with Gasteiger partial charge in [0.05, 0.1) is 6.07 Å². The van der Waals surface area contributed by atoms with Crippen LogP contribution in [-0.4, -0.2) is 31.4 Å². The smallest absolute Gasteiger partial charge is 0.236 e. The zero-order chi connectivity index (χ0) is 8.15. The molecule has 0 spiro atoms. The van der Waals surface area contributed by atoms with E-state index in [0.29, 0.717) is 6.54 Å². The van der Waals surface area contributed by atoms with Crippen LogP contribution in [0.5, 0.6) is 0 Å². The normalized spacial score (nSPS) is 12.6. The SMILES string of the molecule is CN(C)CC(C#N)C(N)=O. The molecule has 0 aromatic heterocycles. The van der Waals surface area contributed by atoms with Gasteiger partial charge in [-0.05, 0) is 14.1 Å². The summed E-state index contributed by atoms with van der Waals surface area (Å²) >= 11 is 0. The largest absolute Gasteiger partial charge is 0.368 e. The number of nitrogens with zero attached hydrogens (tertiary/aromatic N) is 2. The Morgan fingerprint density at radius 1 is 1.80 bits per heavy atom. The highest BCUT2D eigenvalue weighted by molar-refractivity contribution is 5.79. The van der Waals surface area contributed by atoms with Gasteiger partial charge in [0, 0.05) is 6.54 Å². The van der Waals surface area contributed by atoms with E-state index in [0.717, 1.165) is 0 Å². The van der Waals surface area contributed by atoms with Crippen molar-refractivity contribution in [1.82, 2.24) is 4.90 Å². The molecule has 4 heteroatoms. The molecule has 10 heavy (non-hydrogen) atoms. The molecule has 0 heterocycles. The summed E-state index contributed by atoms with van der Waals surface area (Å²) in [5, 5.41) is 8.37. The van der Waals surface area contributed by atoms with Crippen LogP contribution in [0.1, 0.15) is 0 Å². The Bertz CT molecular complexity index is 159. The highest BCUT2D eigenvalue weighted by Gasteiger charge is 2.13. The third kappa shape index (κ3) is 3.05. The Labute approximate surface area is 60.2 Å². The molecule has 0 bridgehead atoms. The van der Waals surface area contributed by atoms with Crippen molar-refractivity contribution in [3.8, 4) is 6.07 Å². The lowest BCUT2D eigenvalue weighted by Gasteiger charge is -2.10. The second-order valence-electron chi connectivity index (χ2n) is 2.35. The van der Waals surface area contributed by atoms with E-state index in [-0.39, 0.29) is 0 Å². The second kappa shape index (κ2) is 3.85. The molecule has 0 radical (unpaired) electrons. The molecule has 0 saturated carbocycles. The van der Waals surface area contributed by atoms with Crippen LogP contribution in [0, 0.1) is 17.2 Å². The monoisotopic (exact) mass is 141 g/mol. The Morgan fingerprint density at radius 3 is 2.40 bits per heavy atom. The van der Waals surface area contributed by atoms with Gasteiger partial charge < -0.3 is 10.6 Å². The van der Waals surface area contributed by atoms with Gasteiger partial charge in [0.15, 0.2) is 0 Å².